The van der Waals surface area contributed by atoms with Crippen molar-refractivity contribution in [3.63, 3.8) is 0 Å². The van der Waals surface area contributed by atoms with Crippen molar-refractivity contribution in [3.05, 3.63) is 59.2 Å². The molecule has 0 saturated carbocycles. The van der Waals surface area contributed by atoms with Crippen LogP contribution in [0.3, 0.4) is 0 Å². The van der Waals surface area contributed by atoms with Crippen LogP contribution in [0.15, 0.2) is 42.5 Å². The number of phenolic OH excluding ortho intramolecular Hbond substituents is 1. The van der Waals surface area contributed by atoms with E-state index in [9.17, 15) is 19.8 Å². The SMILES string of the molecule is COc1ccc(C2=C(O)c3c(O)cccc3C(=O)C2=O)cc1. The van der Waals surface area contributed by atoms with Gasteiger partial charge in [0.1, 0.15) is 17.3 Å². The Morgan fingerprint density at radius 3 is 2.23 bits per heavy atom. The number of hydrogen-bond acceptors (Lipinski definition) is 5. The first-order valence-corrected chi connectivity index (χ1v) is 6.53. The molecule has 5 heteroatoms. The molecule has 0 heterocycles. The third-order valence-electron chi connectivity index (χ3n) is 3.57. The van der Waals surface area contributed by atoms with Crippen LogP contribution in [0.25, 0.3) is 11.3 Å². The lowest BCUT2D eigenvalue weighted by atomic mass is 9.85. The van der Waals surface area contributed by atoms with E-state index < -0.39 is 17.3 Å². The van der Waals surface area contributed by atoms with Crippen LogP contribution in [0.5, 0.6) is 11.5 Å². The lowest BCUT2D eigenvalue weighted by Gasteiger charge is -2.19. The van der Waals surface area contributed by atoms with E-state index in [1.807, 2.05) is 0 Å². The second kappa shape index (κ2) is 5.04. The minimum Gasteiger partial charge on any atom is -0.507 e. The van der Waals surface area contributed by atoms with E-state index in [0.717, 1.165) is 0 Å². The van der Waals surface area contributed by atoms with Gasteiger partial charge in [-0.25, -0.2) is 0 Å². The van der Waals surface area contributed by atoms with Crippen molar-refractivity contribution in [2.75, 3.05) is 7.11 Å². The van der Waals surface area contributed by atoms with E-state index in [-0.39, 0.29) is 22.4 Å². The molecule has 22 heavy (non-hydrogen) atoms. The molecular formula is C17H12O5. The molecule has 0 radical (unpaired) electrons. The molecule has 0 amide bonds. The number of carbonyl (C=O) groups excluding carboxylic acids is 2. The average molecular weight is 296 g/mol. The Labute approximate surface area is 126 Å². The van der Waals surface area contributed by atoms with E-state index in [4.69, 9.17) is 4.74 Å². The number of ether oxygens (including phenoxy) is 1. The minimum atomic E-state index is -0.805. The molecule has 0 aromatic heterocycles. The van der Waals surface area contributed by atoms with Crippen LogP contribution in [-0.2, 0) is 4.79 Å². The largest absolute Gasteiger partial charge is 0.507 e. The molecule has 110 valence electrons. The van der Waals surface area contributed by atoms with Gasteiger partial charge in [0, 0.05) is 5.56 Å². The number of aliphatic hydroxyl groups is 1. The molecule has 0 spiro atoms. The maximum atomic E-state index is 12.3. The number of aliphatic hydroxyl groups excluding tert-OH is 1. The fourth-order valence-corrected chi connectivity index (χ4v) is 2.47. The van der Waals surface area contributed by atoms with Gasteiger partial charge in [-0.3, -0.25) is 9.59 Å². The van der Waals surface area contributed by atoms with Gasteiger partial charge in [0.05, 0.1) is 18.2 Å². The number of rotatable bonds is 2. The quantitative estimate of drug-likeness (QED) is 0.832. The molecule has 2 aromatic carbocycles. The molecule has 0 saturated heterocycles. The highest BCUT2D eigenvalue weighted by atomic mass is 16.5. The van der Waals surface area contributed by atoms with Gasteiger partial charge in [-0.15, -0.1) is 0 Å². The summed E-state index contributed by atoms with van der Waals surface area (Å²) in [6, 6.07) is 10.6. The van der Waals surface area contributed by atoms with Gasteiger partial charge in [-0.05, 0) is 29.8 Å². The summed E-state index contributed by atoms with van der Waals surface area (Å²) in [7, 11) is 1.51. The molecule has 1 aliphatic carbocycles. The van der Waals surface area contributed by atoms with Crippen LogP contribution >= 0.6 is 0 Å². The lowest BCUT2D eigenvalue weighted by Crippen LogP contribution is -2.23. The van der Waals surface area contributed by atoms with E-state index in [1.54, 1.807) is 24.3 Å². The van der Waals surface area contributed by atoms with E-state index in [0.29, 0.717) is 11.3 Å². The Morgan fingerprint density at radius 2 is 1.59 bits per heavy atom. The second-order valence-corrected chi connectivity index (χ2v) is 4.81. The van der Waals surface area contributed by atoms with Crippen molar-refractivity contribution in [2.24, 2.45) is 0 Å². The number of ketones is 2. The predicted molar refractivity (Wildman–Crippen MR) is 79.9 cm³/mol. The lowest BCUT2D eigenvalue weighted by molar-refractivity contribution is -0.110. The number of benzene rings is 2. The van der Waals surface area contributed by atoms with E-state index >= 15 is 0 Å². The maximum absolute atomic E-state index is 12.3. The molecule has 3 rings (SSSR count). The van der Waals surface area contributed by atoms with Crippen LogP contribution in [0, 0.1) is 0 Å². The van der Waals surface area contributed by atoms with Gasteiger partial charge >= 0.3 is 0 Å². The number of aromatic hydroxyl groups is 1. The first-order chi connectivity index (χ1) is 10.5. The van der Waals surface area contributed by atoms with Crippen LogP contribution in [0.2, 0.25) is 0 Å². The highest BCUT2D eigenvalue weighted by Gasteiger charge is 2.35. The molecule has 0 atom stereocenters. The molecule has 2 aromatic rings. The first kappa shape index (κ1) is 13.9. The summed E-state index contributed by atoms with van der Waals surface area (Å²) in [5.41, 5.74) is 0.241. The fourth-order valence-electron chi connectivity index (χ4n) is 2.47. The summed E-state index contributed by atoms with van der Waals surface area (Å²) >= 11 is 0. The predicted octanol–water partition coefficient (Wildman–Crippen LogP) is 2.59. The van der Waals surface area contributed by atoms with E-state index in [1.165, 1.54) is 25.3 Å². The normalized spacial score (nSPS) is 14.0. The highest BCUT2D eigenvalue weighted by molar-refractivity contribution is 6.62. The van der Waals surface area contributed by atoms with Crippen molar-refractivity contribution in [3.8, 4) is 11.5 Å². The zero-order valence-electron chi connectivity index (χ0n) is 11.7. The number of carbonyl (C=O) groups is 2. The molecule has 0 fully saturated rings. The van der Waals surface area contributed by atoms with Gasteiger partial charge in [0.2, 0.25) is 11.6 Å². The summed E-state index contributed by atoms with van der Waals surface area (Å²) in [6.45, 7) is 0. The summed E-state index contributed by atoms with van der Waals surface area (Å²) in [5, 5.41) is 20.3. The standard InChI is InChI=1S/C17H12O5/c1-22-10-7-5-9(6-8-10)13-16(20)14-11(15(19)17(13)21)3-2-4-12(14)18/h2-8,18,20H,1H3. The van der Waals surface area contributed by atoms with Crippen molar-refractivity contribution in [2.45, 2.75) is 0 Å². The second-order valence-electron chi connectivity index (χ2n) is 4.81. The molecule has 5 nitrogen and oxygen atoms in total. The monoisotopic (exact) mass is 296 g/mol. The van der Waals surface area contributed by atoms with Gasteiger partial charge in [0.15, 0.2) is 0 Å². The molecule has 0 aliphatic heterocycles. The molecule has 1 aliphatic rings. The molecule has 2 N–H and O–H groups in total. The number of methoxy groups -OCH3 is 1. The van der Waals surface area contributed by atoms with Crippen LogP contribution in [0.4, 0.5) is 0 Å². The Hall–Kier alpha value is -3.08. The Morgan fingerprint density at radius 1 is 0.909 bits per heavy atom. The Bertz CT molecular complexity index is 815. The van der Waals surface area contributed by atoms with Gasteiger partial charge in [-0.1, -0.05) is 18.2 Å². The van der Waals surface area contributed by atoms with E-state index in [2.05, 4.69) is 0 Å². The summed E-state index contributed by atoms with van der Waals surface area (Å²) in [4.78, 5) is 24.5. The van der Waals surface area contributed by atoms with Gasteiger partial charge in [0.25, 0.3) is 0 Å². The zero-order chi connectivity index (χ0) is 15.9. The number of Topliss-reactive ketones (excluding diaryl/α,β-unsaturated/α-hetero) is 2. The Balaban J connectivity index is 2.25. The topological polar surface area (TPSA) is 83.8 Å². The zero-order valence-corrected chi connectivity index (χ0v) is 11.7. The molecule has 0 unspecified atom stereocenters. The van der Waals surface area contributed by atoms with Crippen LogP contribution < -0.4 is 4.74 Å². The Kier molecular flexibility index (Phi) is 3.18. The van der Waals surface area contributed by atoms with Crippen LogP contribution in [0.1, 0.15) is 21.5 Å². The number of fused-ring (bicyclic) bond motifs is 1. The van der Waals surface area contributed by atoms with Crippen molar-refractivity contribution in [1.82, 2.24) is 0 Å². The summed E-state index contributed by atoms with van der Waals surface area (Å²) < 4.78 is 5.04. The minimum absolute atomic E-state index is 0.000221. The third-order valence-corrected chi connectivity index (χ3v) is 3.57. The third kappa shape index (κ3) is 1.95. The highest BCUT2D eigenvalue weighted by Crippen LogP contribution is 2.38. The van der Waals surface area contributed by atoms with Gasteiger partial charge in [-0.2, -0.15) is 0 Å². The average Bonchev–Trinajstić information content (AvgIpc) is 2.53. The number of phenols is 1. The summed E-state index contributed by atoms with van der Waals surface area (Å²) in [5.74, 6) is -1.62. The maximum Gasteiger partial charge on any atom is 0.237 e. The van der Waals surface area contributed by atoms with Crippen molar-refractivity contribution >= 4 is 22.9 Å². The van der Waals surface area contributed by atoms with Crippen LogP contribution in [-0.4, -0.2) is 28.9 Å². The van der Waals surface area contributed by atoms with Crippen molar-refractivity contribution < 1.29 is 24.5 Å². The molecular weight excluding hydrogens is 284 g/mol. The fraction of sp³-hybridized carbons (Fsp3) is 0.0588. The summed E-state index contributed by atoms with van der Waals surface area (Å²) in [6.07, 6.45) is 0. The first-order valence-electron chi connectivity index (χ1n) is 6.53. The molecule has 0 bridgehead atoms. The van der Waals surface area contributed by atoms with Crippen molar-refractivity contribution in [1.29, 1.82) is 0 Å². The van der Waals surface area contributed by atoms with Gasteiger partial charge < -0.3 is 14.9 Å². The number of hydrogen-bond donors (Lipinski definition) is 2. The number of allylic oxidation sites excluding steroid dienone is 1. The smallest absolute Gasteiger partial charge is 0.237 e.